The molecule has 1 aliphatic heterocycles. The Bertz CT molecular complexity index is 369. The van der Waals surface area contributed by atoms with Crippen molar-refractivity contribution in [2.75, 3.05) is 6.54 Å². The zero-order chi connectivity index (χ0) is 13.8. The molecule has 5 nitrogen and oxygen atoms in total. The molecule has 1 aliphatic rings. The number of aliphatic imine (C=N–C) groups is 2. The minimum atomic E-state index is -0.984. The summed E-state index contributed by atoms with van der Waals surface area (Å²) < 4.78 is 5.45. The molecular weight excluding hydrogens is 230 g/mol. The van der Waals surface area contributed by atoms with Gasteiger partial charge in [-0.25, -0.2) is 9.79 Å². The lowest BCUT2D eigenvalue weighted by Gasteiger charge is -2.28. The van der Waals surface area contributed by atoms with Crippen molar-refractivity contribution >= 4 is 18.1 Å². The summed E-state index contributed by atoms with van der Waals surface area (Å²) in [6, 6.07) is 0. The van der Waals surface area contributed by atoms with Gasteiger partial charge in [-0.1, -0.05) is 13.8 Å². The fourth-order valence-electron chi connectivity index (χ4n) is 1.70. The number of carbonyl (C=O) groups is 1. The molecule has 0 amide bonds. The van der Waals surface area contributed by atoms with Crippen LogP contribution >= 0.6 is 0 Å². The van der Waals surface area contributed by atoms with Crippen LogP contribution in [0.4, 0.5) is 0 Å². The first-order valence-electron chi connectivity index (χ1n) is 6.44. The minimum absolute atomic E-state index is 0.339. The van der Waals surface area contributed by atoms with Gasteiger partial charge in [0.2, 0.25) is 5.54 Å². The van der Waals surface area contributed by atoms with Crippen molar-refractivity contribution in [2.45, 2.75) is 58.6 Å². The molecule has 0 aromatic rings. The van der Waals surface area contributed by atoms with Gasteiger partial charge < -0.3 is 10.1 Å². The third-order valence-corrected chi connectivity index (χ3v) is 2.62. The number of rotatable bonds is 4. The van der Waals surface area contributed by atoms with Crippen molar-refractivity contribution in [3.05, 3.63) is 0 Å². The summed E-state index contributed by atoms with van der Waals surface area (Å²) in [6.45, 7) is 10.2. The monoisotopic (exact) mass is 253 g/mol. The maximum Gasteiger partial charge on any atom is 0.342 e. The predicted octanol–water partition coefficient (Wildman–Crippen LogP) is 1.92. The second kappa shape index (κ2) is 5.50. The molecule has 0 saturated heterocycles. The Balaban J connectivity index is 2.97. The Morgan fingerprint density at radius 3 is 2.67 bits per heavy atom. The van der Waals surface area contributed by atoms with Crippen molar-refractivity contribution in [2.24, 2.45) is 9.98 Å². The summed E-state index contributed by atoms with van der Waals surface area (Å²) in [6.07, 6.45) is 3.00. The molecule has 0 aromatic heterocycles. The van der Waals surface area contributed by atoms with E-state index >= 15 is 0 Å². The first kappa shape index (κ1) is 14.7. The van der Waals surface area contributed by atoms with Crippen LogP contribution in [-0.4, -0.2) is 35.8 Å². The van der Waals surface area contributed by atoms with Crippen molar-refractivity contribution in [1.82, 2.24) is 5.32 Å². The normalized spacial score (nSPS) is 25.3. The maximum atomic E-state index is 12.3. The van der Waals surface area contributed by atoms with Crippen LogP contribution in [0.3, 0.4) is 0 Å². The molecule has 0 aliphatic carbocycles. The highest BCUT2D eigenvalue weighted by Gasteiger charge is 2.47. The second-order valence-electron chi connectivity index (χ2n) is 5.35. The van der Waals surface area contributed by atoms with Gasteiger partial charge in [0.05, 0.1) is 6.34 Å². The van der Waals surface area contributed by atoms with Crippen molar-refractivity contribution in [1.29, 1.82) is 0 Å². The fraction of sp³-hybridized carbons (Fsp3) is 0.769. The summed E-state index contributed by atoms with van der Waals surface area (Å²) in [5.41, 5.74) is -1.50. The molecule has 5 heteroatoms. The molecule has 1 N–H and O–H groups in total. The van der Waals surface area contributed by atoms with Crippen LogP contribution in [0, 0.1) is 0 Å². The third kappa shape index (κ3) is 3.09. The molecule has 1 unspecified atom stereocenters. The number of nitrogens with zero attached hydrogens (tertiary/aromatic N) is 2. The molecule has 1 heterocycles. The molecule has 0 fully saturated rings. The van der Waals surface area contributed by atoms with Gasteiger partial charge in [-0.05, 0) is 33.6 Å². The van der Waals surface area contributed by atoms with Crippen LogP contribution in [0.2, 0.25) is 0 Å². The maximum absolute atomic E-state index is 12.3. The van der Waals surface area contributed by atoms with Crippen LogP contribution in [0.1, 0.15) is 47.5 Å². The van der Waals surface area contributed by atoms with Gasteiger partial charge in [-0.2, -0.15) is 0 Å². The molecule has 0 bridgehead atoms. The zero-order valence-electron chi connectivity index (χ0n) is 11.9. The molecular formula is C13H23N3O2. The van der Waals surface area contributed by atoms with Crippen LogP contribution in [0.15, 0.2) is 9.98 Å². The van der Waals surface area contributed by atoms with E-state index in [0.717, 1.165) is 6.42 Å². The molecule has 1 atom stereocenters. The quantitative estimate of drug-likeness (QED) is 0.778. The van der Waals surface area contributed by atoms with E-state index < -0.39 is 11.1 Å². The Labute approximate surface area is 109 Å². The second-order valence-corrected chi connectivity index (χ2v) is 5.35. The Morgan fingerprint density at radius 1 is 1.50 bits per heavy atom. The Morgan fingerprint density at radius 2 is 2.17 bits per heavy atom. The van der Waals surface area contributed by atoms with Gasteiger partial charge in [0.25, 0.3) is 0 Å². The van der Waals surface area contributed by atoms with Gasteiger partial charge in [0, 0.05) is 6.54 Å². The van der Waals surface area contributed by atoms with E-state index in [1.165, 1.54) is 6.34 Å². The lowest BCUT2D eigenvalue weighted by atomic mass is 9.95. The summed E-state index contributed by atoms with van der Waals surface area (Å²) in [5.74, 6) is 0.259. The van der Waals surface area contributed by atoms with Gasteiger partial charge >= 0.3 is 5.97 Å². The van der Waals surface area contributed by atoms with Crippen LogP contribution in [0.25, 0.3) is 0 Å². The standard InChI is InChI=1S/C13H23N3O2/c1-6-8-14-10-13(7-2,16-9-15-10)11(17)18-12(3,4)5/h9H,6-8H2,1-5H3,(H,14,15,16). The van der Waals surface area contributed by atoms with Crippen molar-refractivity contribution in [3.8, 4) is 0 Å². The van der Waals surface area contributed by atoms with Gasteiger partial charge in [0.15, 0.2) is 0 Å². The van der Waals surface area contributed by atoms with E-state index in [2.05, 4.69) is 15.3 Å². The van der Waals surface area contributed by atoms with Gasteiger partial charge in [-0.15, -0.1) is 0 Å². The lowest BCUT2D eigenvalue weighted by Crippen LogP contribution is -2.49. The highest BCUT2D eigenvalue weighted by molar-refractivity contribution is 6.17. The van der Waals surface area contributed by atoms with E-state index in [1.54, 1.807) is 0 Å². The average Bonchev–Trinajstić information content (AvgIpc) is 2.68. The van der Waals surface area contributed by atoms with E-state index in [4.69, 9.17) is 4.74 Å². The predicted molar refractivity (Wildman–Crippen MR) is 73.1 cm³/mol. The minimum Gasteiger partial charge on any atom is -0.458 e. The van der Waals surface area contributed by atoms with Crippen LogP contribution < -0.4 is 5.32 Å². The number of nitrogens with one attached hydrogen (secondary N) is 1. The van der Waals surface area contributed by atoms with Gasteiger partial charge in [0.1, 0.15) is 11.4 Å². The van der Waals surface area contributed by atoms with Crippen LogP contribution in [0.5, 0.6) is 0 Å². The number of amidine groups is 1. The third-order valence-electron chi connectivity index (χ3n) is 2.62. The highest BCUT2D eigenvalue weighted by Crippen LogP contribution is 2.25. The van der Waals surface area contributed by atoms with E-state index in [0.29, 0.717) is 18.8 Å². The van der Waals surface area contributed by atoms with Gasteiger partial charge in [-0.3, -0.25) is 4.99 Å². The molecule has 0 aromatic carbocycles. The Kier molecular flexibility index (Phi) is 4.48. The van der Waals surface area contributed by atoms with E-state index in [9.17, 15) is 4.79 Å². The summed E-state index contributed by atoms with van der Waals surface area (Å²) in [5, 5.41) is 2.96. The van der Waals surface area contributed by atoms with Crippen LogP contribution in [-0.2, 0) is 9.53 Å². The number of hydrogen-bond donors (Lipinski definition) is 1. The Hall–Kier alpha value is -1.39. The molecule has 0 spiro atoms. The highest BCUT2D eigenvalue weighted by atomic mass is 16.6. The topological polar surface area (TPSA) is 63.0 Å². The number of hydrogen-bond acceptors (Lipinski definition) is 4. The van der Waals surface area contributed by atoms with Crippen molar-refractivity contribution < 1.29 is 9.53 Å². The summed E-state index contributed by atoms with van der Waals surface area (Å²) in [7, 11) is 0. The number of ether oxygens (including phenoxy) is 1. The SMILES string of the molecule is CCCN=C1NC=NC1(CC)C(=O)OC(C)(C)C. The largest absolute Gasteiger partial charge is 0.458 e. The molecule has 102 valence electrons. The summed E-state index contributed by atoms with van der Waals surface area (Å²) >= 11 is 0. The molecule has 1 rings (SSSR count). The van der Waals surface area contributed by atoms with E-state index in [-0.39, 0.29) is 5.97 Å². The molecule has 0 radical (unpaired) electrons. The smallest absolute Gasteiger partial charge is 0.342 e. The number of carbonyl (C=O) groups excluding carboxylic acids is 1. The first-order valence-corrected chi connectivity index (χ1v) is 6.44. The lowest BCUT2D eigenvalue weighted by molar-refractivity contribution is -0.158. The number of esters is 1. The zero-order valence-corrected chi connectivity index (χ0v) is 11.9. The van der Waals surface area contributed by atoms with E-state index in [1.807, 2.05) is 34.6 Å². The molecule has 0 saturated carbocycles. The molecule has 18 heavy (non-hydrogen) atoms. The summed E-state index contributed by atoms with van der Waals surface area (Å²) in [4.78, 5) is 21.0. The van der Waals surface area contributed by atoms with Crippen molar-refractivity contribution in [3.63, 3.8) is 0 Å². The average molecular weight is 253 g/mol. The first-order chi connectivity index (χ1) is 8.35. The fourth-order valence-corrected chi connectivity index (χ4v) is 1.70.